The van der Waals surface area contributed by atoms with Gasteiger partial charge in [0.15, 0.2) is 0 Å². The van der Waals surface area contributed by atoms with Crippen LogP contribution < -0.4 is 0 Å². The number of benzene rings is 1. The predicted molar refractivity (Wildman–Crippen MR) is 97.4 cm³/mol. The Kier molecular flexibility index (Phi) is 5.77. The minimum Gasteiger partial charge on any atom is -0.480 e. The van der Waals surface area contributed by atoms with E-state index in [0.717, 1.165) is 45.4 Å². The fourth-order valence-electron chi connectivity index (χ4n) is 4.65. The highest BCUT2D eigenvalue weighted by Crippen LogP contribution is 2.45. The molecule has 1 aromatic rings. The normalized spacial score (nSPS) is 24.5. The lowest BCUT2D eigenvalue weighted by Crippen LogP contribution is -2.54. The van der Waals surface area contributed by atoms with Gasteiger partial charge in [-0.25, -0.2) is 0 Å². The van der Waals surface area contributed by atoms with Crippen molar-refractivity contribution in [3.63, 3.8) is 0 Å². The molecule has 2 aliphatic heterocycles. The van der Waals surface area contributed by atoms with E-state index in [2.05, 4.69) is 36.1 Å². The Labute approximate surface area is 150 Å². The molecule has 2 aliphatic rings. The number of hydrogen-bond donors (Lipinski definition) is 2. The average Bonchev–Trinajstić information content (AvgIpc) is 2.58. The molecule has 1 aromatic carbocycles. The molecule has 1 spiro atoms. The third kappa shape index (κ3) is 4.40. The number of aryl methyl sites for hydroxylation is 1. The molecule has 0 bridgehead atoms. The first-order valence-electron chi connectivity index (χ1n) is 9.34. The van der Waals surface area contributed by atoms with Gasteiger partial charge < -0.3 is 10.2 Å². The van der Waals surface area contributed by atoms with E-state index in [1.54, 1.807) is 0 Å². The van der Waals surface area contributed by atoms with Crippen molar-refractivity contribution in [1.29, 1.82) is 0 Å². The van der Waals surface area contributed by atoms with Crippen molar-refractivity contribution in [2.45, 2.75) is 32.7 Å². The van der Waals surface area contributed by atoms with Crippen LogP contribution in [0.4, 0.5) is 0 Å². The van der Waals surface area contributed by atoms with Gasteiger partial charge >= 0.3 is 5.97 Å². The van der Waals surface area contributed by atoms with Crippen LogP contribution in [-0.4, -0.2) is 65.3 Å². The third-order valence-electron chi connectivity index (χ3n) is 6.19. The van der Waals surface area contributed by atoms with Gasteiger partial charge in [0.1, 0.15) is 0 Å². The van der Waals surface area contributed by atoms with E-state index in [4.69, 9.17) is 5.11 Å². The van der Waals surface area contributed by atoms with Crippen LogP contribution in [0.3, 0.4) is 0 Å². The first-order chi connectivity index (χ1) is 12.0. The van der Waals surface area contributed by atoms with Crippen molar-refractivity contribution in [3.8, 4) is 0 Å². The standard InChI is InChI=1S/C20H30N2O3/c1-16-3-2-4-17(11-16)12-21-8-5-20(6-9-21)7-10-22(14-19(24)25)13-18(20)15-23/h2-4,11,18,23H,5-10,12-15H2,1H3,(H,24,25)/t18-/m1/s1. The van der Waals surface area contributed by atoms with Crippen LogP contribution in [0, 0.1) is 18.3 Å². The van der Waals surface area contributed by atoms with Crippen LogP contribution >= 0.6 is 0 Å². The lowest BCUT2D eigenvalue weighted by molar-refractivity contribution is -0.140. The zero-order valence-electron chi connectivity index (χ0n) is 15.2. The Morgan fingerprint density at radius 3 is 2.48 bits per heavy atom. The first kappa shape index (κ1) is 18.4. The summed E-state index contributed by atoms with van der Waals surface area (Å²) in [5, 5.41) is 18.9. The highest BCUT2D eigenvalue weighted by atomic mass is 16.4. The third-order valence-corrected chi connectivity index (χ3v) is 6.19. The van der Waals surface area contributed by atoms with Crippen LogP contribution in [0.1, 0.15) is 30.4 Å². The Morgan fingerprint density at radius 2 is 1.88 bits per heavy atom. The van der Waals surface area contributed by atoms with E-state index >= 15 is 0 Å². The molecule has 0 aliphatic carbocycles. The number of hydrogen-bond acceptors (Lipinski definition) is 4. The van der Waals surface area contributed by atoms with E-state index in [0.29, 0.717) is 6.54 Å². The second-order valence-electron chi connectivity index (χ2n) is 7.89. The molecule has 0 unspecified atom stereocenters. The number of aliphatic hydroxyl groups excluding tert-OH is 1. The summed E-state index contributed by atoms with van der Waals surface area (Å²) in [6.07, 6.45) is 3.21. The van der Waals surface area contributed by atoms with Gasteiger partial charge in [0.2, 0.25) is 0 Å². The van der Waals surface area contributed by atoms with Gasteiger partial charge in [0.25, 0.3) is 0 Å². The van der Waals surface area contributed by atoms with E-state index in [1.165, 1.54) is 11.1 Å². The van der Waals surface area contributed by atoms with Crippen LogP contribution in [0.5, 0.6) is 0 Å². The molecule has 0 amide bonds. The summed E-state index contributed by atoms with van der Waals surface area (Å²) < 4.78 is 0. The maximum absolute atomic E-state index is 11.0. The van der Waals surface area contributed by atoms with Gasteiger partial charge in [0, 0.05) is 25.6 Å². The fourth-order valence-corrected chi connectivity index (χ4v) is 4.65. The Bertz CT molecular complexity index is 596. The highest BCUT2D eigenvalue weighted by Gasteiger charge is 2.44. The number of aliphatic hydroxyl groups is 1. The molecule has 2 saturated heterocycles. The number of piperidine rings is 2. The number of aliphatic carboxylic acids is 1. The number of nitrogens with zero attached hydrogens (tertiary/aromatic N) is 2. The fraction of sp³-hybridized carbons (Fsp3) is 0.650. The summed E-state index contributed by atoms with van der Waals surface area (Å²) in [4.78, 5) is 15.5. The van der Waals surface area contributed by atoms with Crippen LogP contribution in [0.2, 0.25) is 0 Å². The molecule has 3 rings (SSSR count). The number of carboxylic acid groups (broad SMARTS) is 1. The van der Waals surface area contributed by atoms with Crippen molar-refractivity contribution < 1.29 is 15.0 Å². The lowest BCUT2D eigenvalue weighted by Gasteiger charge is -2.51. The molecule has 2 heterocycles. The molecule has 2 N–H and O–H groups in total. The first-order valence-corrected chi connectivity index (χ1v) is 9.34. The second kappa shape index (κ2) is 7.85. The van der Waals surface area contributed by atoms with E-state index < -0.39 is 5.97 Å². The summed E-state index contributed by atoms with van der Waals surface area (Å²) in [7, 11) is 0. The molecule has 138 valence electrons. The van der Waals surface area contributed by atoms with Crippen molar-refractivity contribution in [2.75, 3.05) is 39.3 Å². The van der Waals surface area contributed by atoms with E-state index in [-0.39, 0.29) is 24.5 Å². The molecule has 2 fully saturated rings. The SMILES string of the molecule is Cc1cccc(CN2CCC3(CC2)CCN(CC(=O)O)C[C@@H]3CO)c1. The van der Waals surface area contributed by atoms with Crippen LogP contribution in [0.25, 0.3) is 0 Å². The van der Waals surface area contributed by atoms with Gasteiger partial charge in [-0.15, -0.1) is 0 Å². The number of carboxylic acids is 1. The smallest absolute Gasteiger partial charge is 0.317 e. The molecule has 5 heteroatoms. The van der Waals surface area contributed by atoms with Gasteiger partial charge in [-0.3, -0.25) is 14.6 Å². The van der Waals surface area contributed by atoms with E-state index in [1.807, 2.05) is 4.90 Å². The predicted octanol–water partition coefficient (Wildman–Crippen LogP) is 1.98. The Hall–Kier alpha value is -1.43. The summed E-state index contributed by atoms with van der Waals surface area (Å²) in [6.45, 7) is 7.03. The summed E-state index contributed by atoms with van der Waals surface area (Å²) >= 11 is 0. The molecule has 1 atom stereocenters. The minimum atomic E-state index is -0.777. The van der Waals surface area contributed by atoms with Gasteiger partial charge in [-0.05, 0) is 56.8 Å². The monoisotopic (exact) mass is 346 g/mol. The summed E-state index contributed by atoms with van der Waals surface area (Å²) in [5.41, 5.74) is 2.86. The summed E-state index contributed by atoms with van der Waals surface area (Å²) in [5.74, 6) is -0.581. The maximum Gasteiger partial charge on any atom is 0.317 e. The number of rotatable bonds is 5. The number of carbonyl (C=O) groups is 1. The van der Waals surface area contributed by atoms with Crippen molar-refractivity contribution in [1.82, 2.24) is 9.80 Å². The topological polar surface area (TPSA) is 64.0 Å². The molecular formula is C20H30N2O3. The van der Waals surface area contributed by atoms with Crippen LogP contribution in [0.15, 0.2) is 24.3 Å². The van der Waals surface area contributed by atoms with Crippen molar-refractivity contribution in [3.05, 3.63) is 35.4 Å². The quantitative estimate of drug-likeness (QED) is 0.853. The molecule has 0 aromatic heterocycles. The Morgan fingerprint density at radius 1 is 1.20 bits per heavy atom. The highest BCUT2D eigenvalue weighted by molar-refractivity contribution is 5.69. The largest absolute Gasteiger partial charge is 0.480 e. The molecule has 5 nitrogen and oxygen atoms in total. The lowest BCUT2D eigenvalue weighted by atomic mass is 9.64. The van der Waals surface area contributed by atoms with Crippen molar-refractivity contribution in [2.24, 2.45) is 11.3 Å². The molecular weight excluding hydrogens is 316 g/mol. The van der Waals surface area contributed by atoms with Crippen LogP contribution in [-0.2, 0) is 11.3 Å². The van der Waals surface area contributed by atoms with Gasteiger partial charge in [-0.2, -0.15) is 0 Å². The maximum atomic E-state index is 11.0. The zero-order valence-corrected chi connectivity index (χ0v) is 15.2. The average molecular weight is 346 g/mol. The molecule has 0 saturated carbocycles. The van der Waals surface area contributed by atoms with Gasteiger partial charge in [0.05, 0.1) is 6.54 Å². The molecule has 25 heavy (non-hydrogen) atoms. The Balaban J connectivity index is 1.57. The van der Waals surface area contributed by atoms with E-state index in [9.17, 15) is 9.90 Å². The number of likely N-dealkylation sites (tertiary alicyclic amines) is 2. The zero-order chi connectivity index (χ0) is 17.9. The minimum absolute atomic E-state index is 0.0893. The van der Waals surface area contributed by atoms with Gasteiger partial charge in [-0.1, -0.05) is 29.8 Å². The second-order valence-corrected chi connectivity index (χ2v) is 7.89. The summed E-state index contributed by atoms with van der Waals surface area (Å²) in [6, 6.07) is 8.70. The molecule has 0 radical (unpaired) electrons. The van der Waals surface area contributed by atoms with Crippen molar-refractivity contribution >= 4 is 5.97 Å².